The van der Waals surface area contributed by atoms with Gasteiger partial charge in [0.15, 0.2) is 5.82 Å². The lowest BCUT2D eigenvalue weighted by atomic mass is 10.1. The second kappa shape index (κ2) is 8.79. The quantitative estimate of drug-likeness (QED) is 0.471. The molecule has 0 amide bonds. The lowest BCUT2D eigenvalue weighted by molar-refractivity contribution is 0.245. The molecule has 0 N–H and O–H groups in total. The van der Waals surface area contributed by atoms with Gasteiger partial charge in [0.25, 0.3) is 0 Å². The molecule has 2 aliphatic rings. The topological polar surface area (TPSA) is 50.1 Å². The number of anilines is 1. The Balaban J connectivity index is 1.19. The molecular weight excluding hydrogens is 408 g/mol. The van der Waals surface area contributed by atoms with Crippen LogP contribution >= 0.6 is 0 Å². The van der Waals surface area contributed by atoms with Gasteiger partial charge in [0.05, 0.1) is 11.9 Å². The van der Waals surface area contributed by atoms with Crippen molar-refractivity contribution in [3.63, 3.8) is 0 Å². The number of nitrogens with zero attached hydrogens (tertiary/aromatic N) is 6. The molecule has 1 saturated heterocycles. The Bertz CT molecular complexity index is 1230. The minimum absolute atomic E-state index is 0.864. The van der Waals surface area contributed by atoms with Crippen molar-refractivity contribution in [2.24, 2.45) is 0 Å². The number of aryl methyl sites for hydroxylation is 1. The van der Waals surface area contributed by atoms with Crippen LogP contribution in [0.4, 0.5) is 5.82 Å². The summed E-state index contributed by atoms with van der Waals surface area (Å²) in [5, 5.41) is 0. The summed E-state index contributed by atoms with van der Waals surface area (Å²) in [4.78, 5) is 19.3. The average Bonchev–Trinajstić information content (AvgIpc) is 3.55. The van der Waals surface area contributed by atoms with Crippen molar-refractivity contribution < 1.29 is 0 Å². The zero-order valence-electron chi connectivity index (χ0n) is 18.8. The molecule has 0 saturated carbocycles. The van der Waals surface area contributed by atoms with Gasteiger partial charge in [-0.05, 0) is 43.5 Å². The molecule has 4 aromatic rings. The van der Waals surface area contributed by atoms with E-state index < -0.39 is 0 Å². The van der Waals surface area contributed by atoms with Crippen LogP contribution in [0, 0.1) is 0 Å². The van der Waals surface area contributed by atoms with Gasteiger partial charge in [0.1, 0.15) is 5.82 Å². The van der Waals surface area contributed by atoms with Crippen LogP contribution in [-0.4, -0.2) is 50.6 Å². The van der Waals surface area contributed by atoms with E-state index in [1.165, 1.54) is 23.4 Å². The van der Waals surface area contributed by atoms with Crippen LogP contribution in [0.25, 0.3) is 17.1 Å². The van der Waals surface area contributed by atoms with Crippen LogP contribution in [0.15, 0.2) is 73.2 Å². The van der Waals surface area contributed by atoms with Gasteiger partial charge in [0, 0.05) is 67.6 Å². The first kappa shape index (κ1) is 20.1. The number of aromatic nitrogens is 4. The minimum Gasteiger partial charge on any atom is -0.354 e. The van der Waals surface area contributed by atoms with E-state index in [2.05, 4.69) is 68.0 Å². The van der Waals surface area contributed by atoms with E-state index in [0.717, 1.165) is 68.5 Å². The number of piperazine rings is 1. The van der Waals surface area contributed by atoms with E-state index in [1.807, 2.05) is 24.5 Å². The zero-order valence-corrected chi connectivity index (χ0v) is 18.8. The normalized spacial score (nSPS) is 16.2. The highest BCUT2D eigenvalue weighted by atomic mass is 15.3. The average molecular weight is 437 g/mol. The highest BCUT2D eigenvalue weighted by molar-refractivity contribution is 5.61. The second-order valence-electron chi connectivity index (χ2n) is 8.86. The highest BCUT2D eigenvalue weighted by Gasteiger charge is 2.26. The first-order chi connectivity index (χ1) is 16.3. The second-order valence-corrected chi connectivity index (χ2v) is 8.86. The standard InChI is InChI=1S/C27H28N6/c1-2-7-21(8-3-1)26-29-25-12-4-11-24(25)27(30-26)32-17-15-31(16-18-32)20-23-10-6-14-33(23)22-9-5-13-28-19-22/h1-3,5-10,13-14,19H,4,11-12,15-18,20H2. The van der Waals surface area contributed by atoms with E-state index in [-0.39, 0.29) is 0 Å². The molecule has 0 bridgehead atoms. The third-order valence-corrected chi connectivity index (χ3v) is 6.76. The van der Waals surface area contributed by atoms with Gasteiger partial charge in [-0.25, -0.2) is 9.97 Å². The monoisotopic (exact) mass is 436 g/mol. The van der Waals surface area contributed by atoms with Crippen molar-refractivity contribution in [1.82, 2.24) is 24.4 Å². The number of hydrogen-bond acceptors (Lipinski definition) is 5. The third kappa shape index (κ3) is 4.02. The molecule has 1 aliphatic carbocycles. The van der Waals surface area contributed by atoms with Gasteiger partial charge in [-0.15, -0.1) is 0 Å². The Morgan fingerprint density at radius 1 is 0.818 bits per heavy atom. The molecule has 0 spiro atoms. The van der Waals surface area contributed by atoms with Gasteiger partial charge in [-0.3, -0.25) is 9.88 Å². The fourth-order valence-corrected chi connectivity index (χ4v) is 5.03. The summed E-state index contributed by atoms with van der Waals surface area (Å²) in [6.07, 6.45) is 9.20. The molecule has 6 rings (SSSR count). The number of fused-ring (bicyclic) bond motifs is 1. The maximum atomic E-state index is 5.08. The SMILES string of the molecule is c1ccc(-c2nc3c(c(N4CCN(Cc5cccn5-c5cccnc5)CC4)n2)CCC3)cc1. The minimum atomic E-state index is 0.864. The van der Waals surface area contributed by atoms with Crippen molar-refractivity contribution in [3.05, 3.63) is 90.1 Å². The molecule has 1 aliphatic heterocycles. The first-order valence-corrected chi connectivity index (χ1v) is 11.8. The van der Waals surface area contributed by atoms with E-state index in [0.29, 0.717) is 0 Å². The summed E-state index contributed by atoms with van der Waals surface area (Å²) in [6, 6.07) is 18.8. The number of rotatable bonds is 5. The molecule has 1 aromatic carbocycles. The summed E-state index contributed by atoms with van der Waals surface area (Å²) < 4.78 is 2.24. The van der Waals surface area contributed by atoms with Gasteiger partial charge in [-0.1, -0.05) is 30.3 Å². The van der Waals surface area contributed by atoms with Gasteiger partial charge < -0.3 is 9.47 Å². The van der Waals surface area contributed by atoms with E-state index in [1.54, 1.807) is 0 Å². The largest absolute Gasteiger partial charge is 0.354 e. The Hall–Kier alpha value is -3.51. The van der Waals surface area contributed by atoms with Crippen LogP contribution in [-0.2, 0) is 19.4 Å². The molecule has 0 unspecified atom stereocenters. The lowest BCUT2D eigenvalue weighted by Gasteiger charge is -2.36. The van der Waals surface area contributed by atoms with Crippen LogP contribution in [0.5, 0.6) is 0 Å². The Morgan fingerprint density at radius 2 is 1.70 bits per heavy atom. The van der Waals surface area contributed by atoms with Crippen LogP contribution in [0.1, 0.15) is 23.4 Å². The fourth-order valence-electron chi connectivity index (χ4n) is 5.03. The van der Waals surface area contributed by atoms with Crippen LogP contribution in [0.3, 0.4) is 0 Å². The fraction of sp³-hybridized carbons (Fsp3) is 0.296. The molecular formula is C27H28N6. The highest BCUT2D eigenvalue weighted by Crippen LogP contribution is 2.32. The third-order valence-electron chi connectivity index (χ3n) is 6.76. The van der Waals surface area contributed by atoms with E-state index >= 15 is 0 Å². The van der Waals surface area contributed by atoms with Gasteiger partial charge >= 0.3 is 0 Å². The predicted molar refractivity (Wildman–Crippen MR) is 131 cm³/mol. The molecule has 0 atom stereocenters. The smallest absolute Gasteiger partial charge is 0.161 e. The number of pyridine rings is 1. The molecule has 6 heteroatoms. The summed E-state index contributed by atoms with van der Waals surface area (Å²) >= 11 is 0. The maximum Gasteiger partial charge on any atom is 0.161 e. The molecule has 6 nitrogen and oxygen atoms in total. The predicted octanol–water partition coefficient (Wildman–Crippen LogP) is 4.14. The van der Waals surface area contributed by atoms with E-state index in [9.17, 15) is 0 Å². The molecule has 1 fully saturated rings. The van der Waals surface area contributed by atoms with Crippen LogP contribution in [0.2, 0.25) is 0 Å². The van der Waals surface area contributed by atoms with E-state index in [4.69, 9.17) is 9.97 Å². The number of benzene rings is 1. The first-order valence-electron chi connectivity index (χ1n) is 11.8. The lowest BCUT2D eigenvalue weighted by Crippen LogP contribution is -2.46. The number of hydrogen-bond donors (Lipinski definition) is 0. The summed E-state index contributed by atoms with van der Waals surface area (Å²) in [5.74, 6) is 2.03. The Labute approximate surface area is 194 Å². The Kier molecular flexibility index (Phi) is 5.36. The molecule has 3 aromatic heterocycles. The van der Waals surface area contributed by atoms with Crippen LogP contribution < -0.4 is 4.90 Å². The van der Waals surface area contributed by atoms with Crippen molar-refractivity contribution in [1.29, 1.82) is 0 Å². The molecule has 166 valence electrons. The summed E-state index contributed by atoms with van der Waals surface area (Å²) in [6.45, 7) is 4.97. The van der Waals surface area contributed by atoms with Crippen molar-refractivity contribution >= 4 is 5.82 Å². The summed E-state index contributed by atoms with van der Waals surface area (Å²) in [7, 11) is 0. The van der Waals surface area contributed by atoms with Crippen molar-refractivity contribution in [3.8, 4) is 17.1 Å². The maximum absolute atomic E-state index is 5.08. The molecule has 0 radical (unpaired) electrons. The Morgan fingerprint density at radius 3 is 2.52 bits per heavy atom. The molecule has 33 heavy (non-hydrogen) atoms. The van der Waals surface area contributed by atoms with Crippen molar-refractivity contribution in [2.45, 2.75) is 25.8 Å². The van der Waals surface area contributed by atoms with Gasteiger partial charge in [0.2, 0.25) is 0 Å². The summed E-state index contributed by atoms with van der Waals surface area (Å²) in [5.41, 5.74) is 6.12. The molecule has 4 heterocycles. The van der Waals surface area contributed by atoms with Crippen molar-refractivity contribution in [2.75, 3.05) is 31.1 Å². The van der Waals surface area contributed by atoms with Gasteiger partial charge in [-0.2, -0.15) is 0 Å². The zero-order chi connectivity index (χ0) is 22.0.